The van der Waals surface area contributed by atoms with Crippen molar-refractivity contribution in [2.24, 2.45) is 22.4 Å². The van der Waals surface area contributed by atoms with Gasteiger partial charge in [-0.05, 0) is 23.6 Å². The Morgan fingerprint density at radius 1 is 1.41 bits per heavy atom. The van der Waals surface area contributed by atoms with Crippen molar-refractivity contribution >= 4 is 33.7 Å². The average molecular weight is 367 g/mol. The Balaban J connectivity index is 2.36. The van der Waals surface area contributed by atoms with E-state index in [1.54, 1.807) is 11.0 Å². The van der Waals surface area contributed by atoms with Crippen molar-refractivity contribution in [3.05, 3.63) is 33.8 Å². The van der Waals surface area contributed by atoms with Crippen LogP contribution in [0, 0.1) is 5.92 Å². The van der Waals surface area contributed by atoms with E-state index in [4.69, 9.17) is 11.5 Å². The van der Waals surface area contributed by atoms with Crippen molar-refractivity contribution in [2.75, 3.05) is 6.54 Å². The van der Waals surface area contributed by atoms with E-state index >= 15 is 0 Å². The Hall–Kier alpha value is -1.89. The molecule has 2 amide bonds. The van der Waals surface area contributed by atoms with Crippen LogP contribution < -0.4 is 11.5 Å². The lowest BCUT2D eigenvalue weighted by molar-refractivity contribution is -0.118. The topological polar surface area (TPSA) is 102 Å². The van der Waals surface area contributed by atoms with E-state index in [-0.39, 0.29) is 24.3 Å². The zero-order chi connectivity index (χ0) is 16.4. The molecule has 22 heavy (non-hydrogen) atoms. The number of amides is 2. The molecule has 4 N–H and O–H groups in total. The first-order chi connectivity index (χ1) is 10.3. The van der Waals surface area contributed by atoms with Crippen LogP contribution in [0.15, 0.2) is 27.7 Å². The van der Waals surface area contributed by atoms with Crippen LogP contribution in [-0.4, -0.2) is 29.2 Å². The summed E-state index contributed by atoms with van der Waals surface area (Å²) in [6.07, 6.45) is 0.0744. The van der Waals surface area contributed by atoms with Gasteiger partial charge < -0.3 is 16.4 Å². The molecule has 0 fully saturated rings. The number of benzene rings is 1. The molecule has 1 aliphatic heterocycles. The smallest absolute Gasteiger partial charge is 0.254 e. The minimum atomic E-state index is -0.428. The molecule has 118 valence electrons. The maximum absolute atomic E-state index is 12.6. The van der Waals surface area contributed by atoms with Crippen molar-refractivity contribution in [1.82, 2.24) is 4.90 Å². The predicted molar refractivity (Wildman–Crippen MR) is 88.2 cm³/mol. The number of nitrogens with two attached hydrogens (primary N) is 2. The molecular formula is C15H19BrN4O2. The van der Waals surface area contributed by atoms with Gasteiger partial charge in [0.25, 0.3) is 11.8 Å². The number of aliphatic imine (C=N–C) groups is 1. The molecule has 0 radical (unpaired) electrons. The summed E-state index contributed by atoms with van der Waals surface area (Å²) in [6.45, 7) is 4.63. The van der Waals surface area contributed by atoms with E-state index in [2.05, 4.69) is 20.9 Å². The summed E-state index contributed by atoms with van der Waals surface area (Å²) >= 11 is 3.37. The third-order valence-corrected chi connectivity index (χ3v) is 3.92. The Labute approximate surface area is 137 Å². The Morgan fingerprint density at radius 3 is 2.68 bits per heavy atom. The number of carbonyl (C=O) groups excluding carboxylic acids is 2. The second-order valence-corrected chi connectivity index (χ2v) is 6.65. The zero-order valence-electron chi connectivity index (χ0n) is 12.5. The van der Waals surface area contributed by atoms with E-state index in [1.807, 2.05) is 26.0 Å². The number of rotatable bonds is 4. The molecule has 0 bridgehead atoms. The highest BCUT2D eigenvalue weighted by Gasteiger charge is 2.37. The van der Waals surface area contributed by atoms with Gasteiger partial charge in [-0.2, -0.15) is 4.99 Å². The zero-order valence-corrected chi connectivity index (χ0v) is 14.1. The molecule has 7 heteroatoms. The summed E-state index contributed by atoms with van der Waals surface area (Å²) in [4.78, 5) is 29.8. The van der Waals surface area contributed by atoms with Crippen LogP contribution >= 0.6 is 15.9 Å². The molecule has 1 heterocycles. The standard InChI is InChI=1S/C15H19BrN4O2/c1-8(2)7-20-12(6-13(21)19-15(17)18)10-4-3-9(16)5-11(10)14(20)22/h3-5,8,12H,6-7H2,1-2H3,(H4,17,18,19,21). The second-order valence-electron chi connectivity index (χ2n) is 5.73. The number of guanidine groups is 1. The Bertz CT molecular complexity index is 638. The Kier molecular flexibility index (Phi) is 4.85. The lowest BCUT2D eigenvalue weighted by atomic mass is 10.0. The number of nitrogens with zero attached hydrogens (tertiary/aromatic N) is 2. The molecule has 6 nitrogen and oxygen atoms in total. The van der Waals surface area contributed by atoms with Crippen LogP contribution in [0.25, 0.3) is 0 Å². The highest BCUT2D eigenvalue weighted by Crippen LogP contribution is 2.37. The Morgan fingerprint density at radius 2 is 2.09 bits per heavy atom. The van der Waals surface area contributed by atoms with E-state index in [0.717, 1.165) is 10.0 Å². The van der Waals surface area contributed by atoms with Crippen molar-refractivity contribution in [2.45, 2.75) is 26.3 Å². The van der Waals surface area contributed by atoms with E-state index in [0.29, 0.717) is 18.0 Å². The monoisotopic (exact) mass is 366 g/mol. The molecule has 0 saturated carbocycles. The van der Waals surface area contributed by atoms with Crippen LogP contribution in [-0.2, 0) is 4.79 Å². The summed E-state index contributed by atoms with van der Waals surface area (Å²) in [7, 11) is 0. The summed E-state index contributed by atoms with van der Waals surface area (Å²) < 4.78 is 0.834. The van der Waals surface area contributed by atoms with Crippen LogP contribution in [0.2, 0.25) is 0 Å². The molecule has 1 aliphatic rings. The molecule has 2 rings (SSSR count). The van der Waals surface area contributed by atoms with Crippen LogP contribution in [0.1, 0.15) is 42.2 Å². The van der Waals surface area contributed by atoms with Crippen molar-refractivity contribution in [1.29, 1.82) is 0 Å². The maximum atomic E-state index is 12.6. The first-order valence-electron chi connectivity index (χ1n) is 7.02. The highest BCUT2D eigenvalue weighted by atomic mass is 79.9. The first kappa shape index (κ1) is 16.5. The van der Waals surface area contributed by atoms with Gasteiger partial charge in [0.05, 0.1) is 12.5 Å². The number of hydrogen-bond donors (Lipinski definition) is 2. The lowest BCUT2D eigenvalue weighted by Gasteiger charge is -2.26. The van der Waals surface area contributed by atoms with Crippen molar-refractivity contribution in [3.8, 4) is 0 Å². The van der Waals surface area contributed by atoms with Gasteiger partial charge in [0, 0.05) is 16.6 Å². The third-order valence-electron chi connectivity index (χ3n) is 3.43. The number of halogens is 1. The van der Waals surface area contributed by atoms with Gasteiger partial charge in [0.2, 0.25) is 0 Å². The third kappa shape index (κ3) is 3.47. The highest BCUT2D eigenvalue weighted by molar-refractivity contribution is 9.10. The predicted octanol–water partition coefficient (Wildman–Crippen LogP) is 1.79. The molecule has 1 aromatic carbocycles. The van der Waals surface area contributed by atoms with E-state index < -0.39 is 5.91 Å². The molecule has 0 spiro atoms. The summed E-state index contributed by atoms with van der Waals surface area (Å²) in [5.74, 6) is -0.460. The average Bonchev–Trinajstić information content (AvgIpc) is 2.62. The molecule has 1 unspecified atom stereocenters. The van der Waals surface area contributed by atoms with Crippen molar-refractivity contribution in [3.63, 3.8) is 0 Å². The quantitative estimate of drug-likeness (QED) is 0.626. The van der Waals surface area contributed by atoms with Crippen LogP contribution in [0.5, 0.6) is 0 Å². The summed E-state index contributed by atoms with van der Waals surface area (Å²) in [5, 5.41) is 0. The SMILES string of the molecule is CC(C)CN1C(=O)c2cc(Br)ccc2C1CC(=O)N=C(N)N. The number of hydrogen-bond acceptors (Lipinski definition) is 2. The van der Waals surface area contributed by atoms with Gasteiger partial charge in [-0.25, -0.2) is 0 Å². The second kappa shape index (κ2) is 6.48. The van der Waals surface area contributed by atoms with E-state index in [1.165, 1.54) is 0 Å². The summed E-state index contributed by atoms with van der Waals surface area (Å²) in [5.41, 5.74) is 12.0. The van der Waals surface area contributed by atoms with Gasteiger partial charge in [-0.1, -0.05) is 35.8 Å². The molecule has 0 aromatic heterocycles. The normalized spacial score (nSPS) is 16.8. The molecule has 1 aromatic rings. The molecule has 1 atom stereocenters. The molecular weight excluding hydrogens is 348 g/mol. The largest absolute Gasteiger partial charge is 0.370 e. The number of fused-ring (bicyclic) bond motifs is 1. The van der Waals surface area contributed by atoms with Crippen LogP contribution in [0.4, 0.5) is 0 Å². The van der Waals surface area contributed by atoms with Gasteiger partial charge in [0.15, 0.2) is 5.96 Å². The van der Waals surface area contributed by atoms with Gasteiger partial charge >= 0.3 is 0 Å². The fraction of sp³-hybridized carbons (Fsp3) is 0.400. The van der Waals surface area contributed by atoms with Crippen molar-refractivity contribution < 1.29 is 9.59 Å². The van der Waals surface area contributed by atoms with Gasteiger partial charge in [-0.3, -0.25) is 9.59 Å². The van der Waals surface area contributed by atoms with E-state index in [9.17, 15) is 9.59 Å². The minimum Gasteiger partial charge on any atom is -0.370 e. The lowest BCUT2D eigenvalue weighted by Crippen LogP contribution is -2.33. The molecule has 0 aliphatic carbocycles. The summed E-state index contributed by atoms with van der Waals surface area (Å²) in [6, 6.07) is 5.19. The maximum Gasteiger partial charge on any atom is 0.254 e. The van der Waals surface area contributed by atoms with Gasteiger partial charge in [-0.15, -0.1) is 0 Å². The molecule has 0 saturated heterocycles. The number of carbonyl (C=O) groups is 2. The first-order valence-corrected chi connectivity index (χ1v) is 7.81. The van der Waals surface area contributed by atoms with Crippen LogP contribution in [0.3, 0.4) is 0 Å². The minimum absolute atomic E-state index is 0.0625. The fourth-order valence-corrected chi connectivity index (χ4v) is 3.01. The fourth-order valence-electron chi connectivity index (χ4n) is 2.65. The van der Waals surface area contributed by atoms with Gasteiger partial charge in [0.1, 0.15) is 0 Å².